The number of nitrogens with two attached hydrogens (primary N) is 1. The maximum Gasteiger partial charge on any atom is 0.205 e. The topological polar surface area (TPSA) is 56.3 Å². The molecular weight excluding hydrogens is 204 g/mol. The van der Waals surface area contributed by atoms with Crippen molar-refractivity contribution in [3.05, 3.63) is 12.4 Å². The Hall–Kier alpha value is -1.07. The normalized spacial score (nSPS) is 18.0. The molecule has 5 nitrogen and oxygen atoms in total. The van der Waals surface area contributed by atoms with Gasteiger partial charge in [-0.15, -0.1) is 0 Å². The first-order valence-corrected chi connectivity index (χ1v) is 5.85. The quantitative estimate of drug-likeness (QED) is 0.802. The second kappa shape index (κ2) is 5.32. The number of piperidine rings is 1. The van der Waals surface area contributed by atoms with Crippen LogP contribution in [0.4, 0.5) is 5.95 Å². The van der Waals surface area contributed by atoms with Crippen LogP contribution in [-0.2, 0) is 11.8 Å². The van der Waals surface area contributed by atoms with Crippen LogP contribution in [0.25, 0.3) is 0 Å². The van der Waals surface area contributed by atoms with Crippen molar-refractivity contribution in [1.82, 2.24) is 9.55 Å². The van der Waals surface area contributed by atoms with E-state index in [2.05, 4.69) is 14.5 Å². The van der Waals surface area contributed by atoms with E-state index in [9.17, 15) is 0 Å². The molecule has 0 saturated carbocycles. The Balaban J connectivity index is 1.83. The average Bonchev–Trinajstić information content (AvgIpc) is 2.74. The minimum Gasteiger partial charge on any atom is -0.377 e. The van der Waals surface area contributed by atoms with Gasteiger partial charge >= 0.3 is 0 Å². The molecule has 2 rings (SSSR count). The summed E-state index contributed by atoms with van der Waals surface area (Å²) >= 11 is 0. The fraction of sp³-hybridized carbons (Fsp3) is 0.727. The summed E-state index contributed by atoms with van der Waals surface area (Å²) in [6, 6.07) is 0. The van der Waals surface area contributed by atoms with Crippen molar-refractivity contribution in [2.24, 2.45) is 12.8 Å². The summed E-state index contributed by atoms with van der Waals surface area (Å²) in [4.78, 5) is 6.66. The van der Waals surface area contributed by atoms with Crippen molar-refractivity contribution in [2.75, 3.05) is 31.1 Å². The van der Waals surface area contributed by atoms with Gasteiger partial charge in [0.15, 0.2) is 0 Å². The molecule has 0 atom stereocenters. The zero-order chi connectivity index (χ0) is 11.4. The smallest absolute Gasteiger partial charge is 0.205 e. The number of aromatic nitrogens is 2. The lowest BCUT2D eigenvalue weighted by Gasteiger charge is -2.32. The fourth-order valence-corrected chi connectivity index (χ4v) is 2.12. The third-order valence-electron chi connectivity index (χ3n) is 2.99. The van der Waals surface area contributed by atoms with Gasteiger partial charge in [0.2, 0.25) is 5.95 Å². The number of hydrogen-bond acceptors (Lipinski definition) is 4. The Morgan fingerprint density at radius 3 is 2.81 bits per heavy atom. The predicted octanol–water partition coefficient (Wildman–Crippen LogP) is 0.364. The molecule has 90 valence electrons. The largest absolute Gasteiger partial charge is 0.377 e. The van der Waals surface area contributed by atoms with Gasteiger partial charge in [-0.2, -0.15) is 0 Å². The third-order valence-corrected chi connectivity index (χ3v) is 2.99. The maximum atomic E-state index is 5.65. The van der Waals surface area contributed by atoms with Crippen LogP contribution in [0.2, 0.25) is 0 Å². The summed E-state index contributed by atoms with van der Waals surface area (Å²) in [6.45, 7) is 3.31. The van der Waals surface area contributed by atoms with E-state index in [1.807, 2.05) is 19.4 Å². The SMILES string of the molecule is Cn1ccnc1N1CCC(OCCN)CC1. The van der Waals surface area contributed by atoms with Crippen molar-refractivity contribution in [3.8, 4) is 0 Å². The molecule has 0 radical (unpaired) electrons. The van der Waals surface area contributed by atoms with Gasteiger partial charge in [0.1, 0.15) is 0 Å². The number of imidazole rings is 1. The van der Waals surface area contributed by atoms with Gasteiger partial charge in [0.05, 0.1) is 12.7 Å². The predicted molar refractivity (Wildman–Crippen MR) is 63.4 cm³/mol. The molecule has 0 aromatic carbocycles. The maximum absolute atomic E-state index is 5.65. The van der Waals surface area contributed by atoms with Crippen molar-refractivity contribution in [2.45, 2.75) is 18.9 Å². The molecule has 16 heavy (non-hydrogen) atoms. The number of aryl methyl sites for hydroxylation is 1. The van der Waals surface area contributed by atoms with E-state index in [4.69, 9.17) is 10.5 Å². The summed E-state index contributed by atoms with van der Waals surface area (Å²) in [6.07, 6.45) is 6.32. The Bertz CT molecular complexity index is 318. The van der Waals surface area contributed by atoms with Crippen LogP contribution in [-0.4, -0.2) is 41.9 Å². The number of rotatable bonds is 4. The number of anilines is 1. The van der Waals surface area contributed by atoms with Crippen LogP contribution in [0.5, 0.6) is 0 Å². The van der Waals surface area contributed by atoms with Crippen molar-refractivity contribution >= 4 is 5.95 Å². The summed E-state index contributed by atoms with van der Waals surface area (Å²) in [7, 11) is 2.03. The molecule has 0 unspecified atom stereocenters. The molecule has 1 aromatic rings. The molecule has 1 aromatic heterocycles. The Labute approximate surface area is 96.2 Å². The lowest BCUT2D eigenvalue weighted by Crippen LogP contribution is -2.38. The fourth-order valence-electron chi connectivity index (χ4n) is 2.12. The number of nitrogens with zero attached hydrogens (tertiary/aromatic N) is 3. The van der Waals surface area contributed by atoms with Gasteiger partial charge in [-0.3, -0.25) is 0 Å². The van der Waals surface area contributed by atoms with Crippen molar-refractivity contribution in [3.63, 3.8) is 0 Å². The summed E-state index contributed by atoms with van der Waals surface area (Å²) in [5, 5.41) is 0. The molecule has 1 saturated heterocycles. The first-order chi connectivity index (χ1) is 7.81. The van der Waals surface area contributed by atoms with Gasteiger partial charge < -0.3 is 19.9 Å². The minimum absolute atomic E-state index is 0.375. The van der Waals surface area contributed by atoms with E-state index in [-0.39, 0.29) is 0 Å². The molecule has 0 amide bonds. The summed E-state index contributed by atoms with van der Waals surface area (Å²) in [5.41, 5.74) is 5.42. The molecular formula is C11H20N4O. The highest BCUT2D eigenvalue weighted by atomic mass is 16.5. The van der Waals surface area contributed by atoms with Gasteiger partial charge in [-0.25, -0.2) is 4.98 Å². The lowest BCUT2D eigenvalue weighted by molar-refractivity contribution is 0.0419. The van der Waals surface area contributed by atoms with Gasteiger partial charge in [0, 0.05) is 39.1 Å². The Kier molecular flexibility index (Phi) is 3.79. The molecule has 2 N–H and O–H groups in total. The van der Waals surface area contributed by atoms with Gasteiger partial charge in [-0.1, -0.05) is 0 Å². The van der Waals surface area contributed by atoms with E-state index in [0.29, 0.717) is 19.3 Å². The molecule has 1 aliphatic rings. The zero-order valence-electron chi connectivity index (χ0n) is 9.80. The molecule has 0 aliphatic carbocycles. The van der Waals surface area contributed by atoms with Crippen LogP contribution in [0.15, 0.2) is 12.4 Å². The molecule has 0 spiro atoms. The van der Waals surface area contributed by atoms with Crippen LogP contribution in [0, 0.1) is 0 Å². The van der Waals surface area contributed by atoms with Crippen molar-refractivity contribution < 1.29 is 4.74 Å². The first kappa shape index (κ1) is 11.4. The minimum atomic E-state index is 0.375. The monoisotopic (exact) mass is 224 g/mol. The molecule has 1 aliphatic heterocycles. The highest BCUT2D eigenvalue weighted by Gasteiger charge is 2.21. The van der Waals surface area contributed by atoms with Crippen LogP contribution >= 0.6 is 0 Å². The lowest BCUT2D eigenvalue weighted by atomic mass is 10.1. The van der Waals surface area contributed by atoms with Crippen LogP contribution in [0.1, 0.15) is 12.8 Å². The van der Waals surface area contributed by atoms with E-state index in [1.54, 1.807) is 0 Å². The van der Waals surface area contributed by atoms with Gasteiger partial charge in [0.25, 0.3) is 0 Å². The van der Waals surface area contributed by atoms with Crippen LogP contribution in [0.3, 0.4) is 0 Å². The Morgan fingerprint density at radius 2 is 2.25 bits per heavy atom. The zero-order valence-corrected chi connectivity index (χ0v) is 9.80. The summed E-state index contributed by atoms with van der Waals surface area (Å²) < 4.78 is 7.71. The van der Waals surface area contributed by atoms with E-state index in [1.165, 1.54) is 0 Å². The number of ether oxygens (including phenoxy) is 1. The molecule has 1 fully saturated rings. The van der Waals surface area contributed by atoms with E-state index < -0.39 is 0 Å². The van der Waals surface area contributed by atoms with Crippen LogP contribution < -0.4 is 10.6 Å². The second-order valence-electron chi connectivity index (χ2n) is 4.18. The molecule has 2 heterocycles. The molecule has 5 heteroatoms. The standard InChI is InChI=1S/C11H20N4O/c1-14-8-5-13-11(14)15-6-2-10(3-7-15)16-9-4-12/h5,8,10H,2-4,6-7,9,12H2,1H3. The third kappa shape index (κ3) is 2.54. The van der Waals surface area contributed by atoms with Crippen molar-refractivity contribution in [1.29, 1.82) is 0 Å². The summed E-state index contributed by atoms with van der Waals surface area (Å²) in [5.74, 6) is 1.05. The second-order valence-corrected chi connectivity index (χ2v) is 4.18. The van der Waals surface area contributed by atoms with E-state index >= 15 is 0 Å². The van der Waals surface area contributed by atoms with E-state index in [0.717, 1.165) is 31.9 Å². The molecule has 0 bridgehead atoms. The highest BCUT2D eigenvalue weighted by molar-refractivity contribution is 5.31. The van der Waals surface area contributed by atoms with Gasteiger partial charge in [-0.05, 0) is 12.8 Å². The first-order valence-electron chi connectivity index (χ1n) is 5.85. The highest BCUT2D eigenvalue weighted by Crippen LogP contribution is 2.18. The number of hydrogen-bond donors (Lipinski definition) is 1. The average molecular weight is 224 g/mol. The Morgan fingerprint density at radius 1 is 1.50 bits per heavy atom.